The Morgan fingerprint density at radius 2 is 1.57 bits per heavy atom. The van der Waals surface area contributed by atoms with Crippen LogP contribution in [0, 0.1) is 5.41 Å². The van der Waals surface area contributed by atoms with Crippen LogP contribution in [0.5, 0.6) is 0 Å². The molecule has 0 saturated carbocycles. The number of nitrogens with zero attached hydrogens (tertiary/aromatic N) is 1. The van der Waals surface area contributed by atoms with Crippen molar-refractivity contribution >= 4 is 39.8 Å². The van der Waals surface area contributed by atoms with E-state index in [0.717, 1.165) is 25.3 Å². The summed E-state index contributed by atoms with van der Waals surface area (Å²) in [6, 6.07) is 10.6. The molecule has 0 aliphatic heterocycles. The summed E-state index contributed by atoms with van der Waals surface area (Å²) in [5, 5.41) is 6.84. The van der Waals surface area contributed by atoms with Gasteiger partial charge in [0.05, 0.1) is 5.75 Å². The predicted molar refractivity (Wildman–Crippen MR) is 132 cm³/mol. The van der Waals surface area contributed by atoms with Crippen molar-refractivity contribution in [3.63, 3.8) is 0 Å². The van der Waals surface area contributed by atoms with Crippen LogP contribution in [-0.4, -0.2) is 46.5 Å². The molecule has 1 rings (SSSR count). The quantitative estimate of drug-likeness (QED) is 0.277. The smallest absolute Gasteiger partial charge is 0.191 e. The first-order chi connectivity index (χ1) is 12.6. The molecule has 0 aromatic heterocycles. The zero-order valence-electron chi connectivity index (χ0n) is 18.2. The Bertz CT molecular complexity index is 700. The van der Waals surface area contributed by atoms with Crippen molar-refractivity contribution in [2.24, 2.45) is 10.4 Å². The first-order valence-corrected chi connectivity index (χ1v) is 11.8. The lowest BCUT2D eigenvalue weighted by Crippen LogP contribution is -2.47. The predicted octanol–water partition coefficient (Wildman–Crippen LogP) is 3.99. The maximum Gasteiger partial charge on any atom is 0.191 e. The number of aliphatic imine (C=N–C) groups is 1. The molecule has 1 aromatic rings. The molecule has 5 nitrogen and oxygen atoms in total. The van der Waals surface area contributed by atoms with Crippen molar-refractivity contribution in [2.75, 3.05) is 32.1 Å². The highest BCUT2D eigenvalue weighted by atomic mass is 127. The van der Waals surface area contributed by atoms with Gasteiger partial charge in [0.1, 0.15) is 9.84 Å². The molecule has 0 atom stereocenters. The van der Waals surface area contributed by atoms with Gasteiger partial charge in [-0.2, -0.15) is 0 Å². The van der Waals surface area contributed by atoms with Gasteiger partial charge in [0.25, 0.3) is 0 Å². The van der Waals surface area contributed by atoms with E-state index < -0.39 is 9.84 Å². The molecule has 0 aliphatic carbocycles. The fourth-order valence-corrected chi connectivity index (χ4v) is 4.07. The standard InChI is InChI=1S/C21H37N3O2S.HI/c1-7-21(8-2,18-12-10-9-11-13-18)17-24-19(22-5)23-16-20(3,4)14-15-27(6,25)26;/h9-13H,7-8,14-17H2,1-6H3,(H2,22,23,24);1H. The Morgan fingerprint density at radius 1 is 1.04 bits per heavy atom. The van der Waals surface area contributed by atoms with Gasteiger partial charge in [0.2, 0.25) is 0 Å². The Hall–Kier alpha value is -0.830. The molecule has 2 N–H and O–H groups in total. The van der Waals surface area contributed by atoms with E-state index in [4.69, 9.17) is 0 Å². The molecule has 0 amide bonds. The zero-order chi connectivity index (χ0) is 20.6. The Morgan fingerprint density at radius 3 is 2.04 bits per heavy atom. The molecular formula is C21H38IN3O2S. The van der Waals surface area contributed by atoms with Gasteiger partial charge in [-0.1, -0.05) is 58.0 Å². The largest absolute Gasteiger partial charge is 0.356 e. The van der Waals surface area contributed by atoms with E-state index in [0.29, 0.717) is 13.0 Å². The summed E-state index contributed by atoms with van der Waals surface area (Å²) in [5.41, 5.74) is 1.27. The average molecular weight is 524 g/mol. The number of nitrogens with one attached hydrogen (secondary N) is 2. The van der Waals surface area contributed by atoms with E-state index in [1.54, 1.807) is 7.05 Å². The zero-order valence-corrected chi connectivity index (χ0v) is 21.4. The third-order valence-electron chi connectivity index (χ3n) is 5.44. The van der Waals surface area contributed by atoms with Gasteiger partial charge in [-0.3, -0.25) is 4.99 Å². The highest BCUT2D eigenvalue weighted by molar-refractivity contribution is 14.0. The molecule has 7 heteroatoms. The van der Waals surface area contributed by atoms with Crippen molar-refractivity contribution in [3.05, 3.63) is 35.9 Å². The Labute approximate surface area is 189 Å². The maximum absolute atomic E-state index is 11.4. The van der Waals surface area contributed by atoms with Crippen molar-refractivity contribution < 1.29 is 8.42 Å². The summed E-state index contributed by atoms with van der Waals surface area (Å²) in [4.78, 5) is 4.34. The summed E-state index contributed by atoms with van der Waals surface area (Å²) < 4.78 is 22.9. The van der Waals surface area contributed by atoms with Gasteiger partial charge < -0.3 is 10.6 Å². The van der Waals surface area contributed by atoms with Gasteiger partial charge >= 0.3 is 0 Å². The van der Waals surface area contributed by atoms with Crippen molar-refractivity contribution in [3.8, 4) is 0 Å². The average Bonchev–Trinajstić information content (AvgIpc) is 2.64. The molecule has 0 bridgehead atoms. The minimum absolute atomic E-state index is 0. The van der Waals surface area contributed by atoms with Crippen molar-refractivity contribution in [1.82, 2.24) is 10.6 Å². The molecule has 0 heterocycles. The molecular weight excluding hydrogens is 485 g/mol. The number of sulfone groups is 1. The minimum atomic E-state index is -2.94. The second-order valence-corrected chi connectivity index (χ2v) is 10.4. The lowest BCUT2D eigenvalue weighted by Gasteiger charge is -2.34. The molecule has 28 heavy (non-hydrogen) atoms. The van der Waals surface area contributed by atoms with Crippen molar-refractivity contribution in [1.29, 1.82) is 0 Å². The van der Waals surface area contributed by atoms with Crippen LogP contribution in [0.1, 0.15) is 52.5 Å². The van der Waals surface area contributed by atoms with Crippen LogP contribution in [0.4, 0.5) is 0 Å². The van der Waals surface area contributed by atoms with E-state index in [-0.39, 0.29) is 40.6 Å². The van der Waals surface area contributed by atoms with E-state index in [2.05, 4.69) is 67.6 Å². The third kappa shape index (κ3) is 9.11. The first-order valence-electron chi connectivity index (χ1n) is 9.75. The normalized spacial score (nSPS) is 13.0. The molecule has 162 valence electrons. The Kier molecular flexibility index (Phi) is 11.6. The summed E-state index contributed by atoms with van der Waals surface area (Å²) in [6.07, 6.45) is 3.98. The van der Waals surface area contributed by atoms with Crippen LogP contribution < -0.4 is 10.6 Å². The number of hydrogen-bond donors (Lipinski definition) is 2. The molecule has 0 saturated heterocycles. The summed E-state index contributed by atoms with van der Waals surface area (Å²) in [6.45, 7) is 10.1. The summed E-state index contributed by atoms with van der Waals surface area (Å²) >= 11 is 0. The minimum Gasteiger partial charge on any atom is -0.356 e. The summed E-state index contributed by atoms with van der Waals surface area (Å²) in [5.74, 6) is 0.959. The monoisotopic (exact) mass is 523 g/mol. The van der Waals surface area contributed by atoms with Gasteiger partial charge in [-0.15, -0.1) is 24.0 Å². The van der Waals surface area contributed by atoms with Crippen LogP contribution in [0.2, 0.25) is 0 Å². The van der Waals surface area contributed by atoms with E-state index >= 15 is 0 Å². The van der Waals surface area contributed by atoms with Gasteiger partial charge in [-0.05, 0) is 30.2 Å². The second-order valence-electron chi connectivity index (χ2n) is 8.18. The number of guanidine groups is 1. The maximum atomic E-state index is 11.4. The summed E-state index contributed by atoms with van der Waals surface area (Å²) in [7, 11) is -1.18. The molecule has 0 spiro atoms. The van der Waals surface area contributed by atoms with Crippen LogP contribution in [-0.2, 0) is 15.3 Å². The van der Waals surface area contributed by atoms with E-state index in [9.17, 15) is 8.42 Å². The fraction of sp³-hybridized carbons (Fsp3) is 0.667. The number of hydrogen-bond acceptors (Lipinski definition) is 3. The van der Waals surface area contributed by atoms with Crippen LogP contribution in [0.15, 0.2) is 35.3 Å². The van der Waals surface area contributed by atoms with Crippen LogP contribution >= 0.6 is 24.0 Å². The molecule has 0 aliphatic rings. The van der Waals surface area contributed by atoms with Crippen LogP contribution in [0.3, 0.4) is 0 Å². The first kappa shape index (κ1) is 27.2. The highest BCUT2D eigenvalue weighted by Crippen LogP contribution is 2.30. The van der Waals surface area contributed by atoms with Gasteiger partial charge in [-0.25, -0.2) is 8.42 Å². The SMILES string of the molecule is CCC(CC)(CNC(=NC)NCC(C)(C)CCS(C)(=O)=O)c1ccccc1.I. The lowest BCUT2D eigenvalue weighted by atomic mass is 9.76. The van der Waals surface area contributed by atoms with Gasteiger partial charge in [0.15, 0.2) is 5.96 Å². The molecule has 0 unspecified atom stereocenters. The molecule has 0 fully saturated rings. The number of benzene rings is 1. The fourth-order valence-electron chi connectivity index (χ4n) is 3.15. The molecule has 0 radical (unpaired) electrons. The topological polar surface area (TPSA) is 70.6 Å². The lowest BCUT2D eigenvalue weighted by molar-refractivity contribution is 0.345. The third-order valence-corrected chi connectivity index (χ3v) is 6.39. The van der Waals surface area contributed by atoms with Crippen LogP contribution in [0.25, 0.3) is 0 Å². The number of halogens is 1. The highest BCUT2D eigenvalue weighted by Gasteiger charge is 2.28. The number of rotatable bonds is 10. The Balaban J connectivity index is 0.00000729. The second kappa shape index (κ2) is 12.0. The van der Waals surface area contributed by atoms with Crippen molar-refractivity contribution in [2.45, 2.75) is 52.4 Å². The molecule has 1 aromatic carbocycles. The van der Waals surface area contributed by atoms with E-state index in [1.165, 1.54) is 11.8 Å². The van der Waals surface area contributed by atoms with E-state index in [1.807, 2.05) is 6.07 Å². The van der Waals surface area contributed by atoms with Gasteiger partial charge in [0, 0.05) is 31.8 Å².